The van der Waals surface area contributed by atoms with Gasteiger partial charge in [-0.1, -0.05) is 37.8 Å². The number of rotatable bonds is 5. The van der Waals surface area contributed by atoms with Gasteiger partial charge in [-0.05, 0) is 54.8 Å². The predicted octanol–water partition coefficient (Wildman–Crippen LogP) is 6.79. The monoisotopic (exact) mass is 434 g/mol. The smallest absolute Gasteiger partial charge is 0.345 e. The summed E-state index contributed by atoms with van der Waals surface area (Å²) in [6.07, 6.45) is 3.87. The van der Waals surface area contributed by atoms with Crippen molar-refractivity contribution in [1.29, 1.82) is 0 Å². The summed E-state index contributed by atoms with van der Waals surface area (Å²) >= 11 is 1.18. The maximum absolute atomic E-state index is 12.6. The second kappa shape index (κ2) is 10.5. The molecule has 2 atom stereocenters. The van der Waals surface area contributed by atoms with Crippen molar-refractivity contribution in [2.24, 2.45) is 5.92 Å². The molecule has 0 saturated carbocycles. The second-order valence-electron chi connectivity index (χ2n) is 6.42. The number of carbonyl (C=O) groups is 1. The highest BCUT2D eigenvalue weighted by Gasteiger charge is 2.21. The predicted molar refractivity (Wildman–Crippen MR) is 117 cm³/mol. The highest BCUT2D eigenvalue weighted by atomic mass is 32.1. The third kappa shape index (κ3) is 6.10. The van der Waals surface area contributed by atoms with Crippen molar-refractivity contribution in [3.05, 3.63) is 82.3 Å². The average molecular weight is 434 g/mol. The molecule has 1 N–H and O–H groups in total. The quantitative estimate of drug-likeness (QED) is 0.527. The van der Waals surface area contributed by atoms with Crippen LogP contribution in [0, 0.1) is 11.7 Å². The van der Waals surface area contributed by atoms with Crippen LogP contribution in [-0.4, -0.2) is 17.7 Å². The van der Waals surface area contributed by atoms with E-state index in [-0.39, 0.29) is 16.6 Å². The average Bonchev–Trinajstić information content (AvgIpc) is 3.18. The Morgan fingerprint density at radius 3 is 2.45 bits per heavy atom. The van der Waals surface area contributed by atoms with Gasteiger partial charge < -0.3 is 9.63 Å². The van der Waals surface area contributed by atoms with Crippen LogP contribution in [0.15, 0.2) is 71.6 Å². The molecule has 7 heteroatoms. The maximum Gasteiger partial charge on any atom is 0.345 e. The molecule has 0 spiro atoms. The van der Waals surface area contributed by atoms with Crippen LogP contribution in [0.2, 0.25) is 0 Å². The molecule has 2 aromatic rings. The van der Waals surface area contributed by atoms with Gasteiger partial charge in [-0.3, -0.25) is 4.57 Å². The van der Waals surface area contributed by atoms with Gasteiger partial charge >= 0.3 is 5.97 Å². The van der Waals surface area contributed by atoms with Crippen LogP contribution in [0.25, 0.3) is 10.4 Å². The Kier molecular flexibility index (Phi) is 8.32. The number of allylic oxidation sites excluding steroid dienone is 5. The summed E-state index contributed by atoms with van der Waals surface area (Å²) in [7, 11) is -2.04. The van der Waals surface area contributed by atoms with Crippen molar-refractivity contribution in [1.82, 2.24) is 0 Å². The molecule has 1 heterocycles. The summed E-state index contributed by atoms with van der Waals surface area (Å²) in [5.74, 6) is -1.08. The Labute approximate surface area is 174 Å². The minimum Gasteiger partial charge on any atom is -0.477 e. The normalized spacial score (nSPS) is 17.0. The Morgan fingerprint density at radius 2 is 1.90 bits per heavy atom. The third-order valence-electron chi connectivity index (χ3n) is 4.47. The van der Waals surface area contributed by atoms with Crippen molar-refractivity contribution in [3.8, 4) is 10.4 Å². The van der Waals surface area contributed by atoms with E-state index in [0.29, 0.717) is 6.61 Å². The first-order valence-electron chi connectivity index (χ1n) is 9.08. The zero-order valence-electron chi connectivity index (χ0n) is 16.6. The van der Waals surface area contributed by atoms with Gasteiger partial charge in [0.25, 0.3) is 0 Å². The summed E-state index contributed by atoms with van der Waals surface area (Å²) in [5, 5.41) is 9.62. The lowest BCUT2D eigenvalue weighted by Crippen LogP contribution is -2.05. The topological polar surface area (TPSA) is 63.6 Å². The Morgan fingerprint density at radius 1 is 1.24 bits per heavy atom. The SMILES string of the molecule is C=C1C(C)=CC=C([PH](=O)OCC)C1C.O=C(O)c1ccc(-c2ccc(F)cc2)s1. The first-order chi connectivity index (χ1) is 13.7. The van der Waals surface area contributed by atoms with E-state index in [0.717, 1.165) is 26.9 Å². The highest BCUT2D eigenvalue weighted by molar-refractivity contribution is 7.44. The zero-order chi connectivity index (χ0) is 21.6. The molecule has 1 aliphatic rings. The van der Waals surface area contributed by atoms with E-state index >= 15 is 0 Å². The molecule has 154 valence electrons. The molecule has 29 heavy (non-hydrogen) atoms. The van der Waals surface area contributed by atoms with Gasteiger partial charge in [0.1, 0.15) is 10.7 Å². The lowest BCUT2D eigenvalue weighted by atomic mass is 9.91. The van der Waals surface area contributed by atoms with Crippen molar-refractivity contribution in [2.75, 3.05) is 6.61 Å². The van der Waals surface area contributed by atoms with Crippen LogP contribution in [0.3, 0.4) is 0 Å². The van der Waals surface area contributed by atoms with Crippen molar-refractivity contribution >= 4 is 25.3 Å². The Bertz CT molecular complexity index is 973. The summed E-state index contributed by atoms with van der Waals surface area (Å²) in [4.78, 5) is 11.8. The molecule has 0 radical (unpaired) electrons. The van der Waals surface area contributed by atoms with Gasteiger partial charge in [0.05, 0.1) is 6.61 Å². The van der Waals surface area contributed by atoms with Crippen molar-refractivity contribution in [3.63, 3.8) is 0 Å². The molecule has 4 nitrogen and oxygen atoms in total. The standard InChI is InChI=1S/C11H7FO2S.C11H17O2P/c12-8-3-1-7(2-4-8)9-5-6-10(15-9)11(13)14;1-5-13-14(12)11-7-6-8(2)9(3)10(11)4/h1-6H,(H,13,14);6-7,10,14H,3,5H2,1-2,4H3. The molecular weight excluding hydrogens is 410 g/mol. The lowest BCUT2D eigenvalue weighted by molar-refractivity contribution is 0.0702. The molecule has 1 aromatic heterocycles. The van der Waals surface area contributed by atoms with E-state index in [9.17, 15) is 13.8 Å². The molecule has 1 aliphatic carbocycles. The van der Waals surface area contributed by atoms with Gasteiger partial charge in [0, 0.05) is 16.1 Å². The van der Waals surface area contributed by atoms with Gasteiger partial charge in [-0.15, -0.1) is 11.3 Å². The number of benzene rings is 1. The number of thiophene rings is 1. The fourth-order valence-corrected chi connectivity index (χ4v) is 4.70. The fraction of sp³-hybridized carbons (Fsp3) is 0.227. The Balaban J connectivity index is 0.000000208. The number of aromatic carboxylic acids is 1. The number of hydrogen-bond acceptors (Lipinski definition) is 4. The van der Waals surface area contributed by atoms with Crippen molar-refractivity contribution in [2.45, 2.75) is 20.8 Å². The zero-order valence-corrected chi connectivity index (χ0v) is 18.4. The van der Waals surface area contributed by atoms with Crippen LogP contribution in [-0.2, 0) is 9.09 Å². The molecule has 0 saturated heterocycles. The molecule has 0 fully saturated rings. The number of hydrogen-bond donors (Lipinski definition) is 1. The van der Waals surface area contributed by atoms with Crippen LogP contribution in [0.5, 0.6) is 0 Å². The molecule has 0 bridgehead atoms. The van der Waals surface area contributed by atoms with Crippen molar-refractivity contribution < 1.29 is 23.4 Å². The molecule has 1 aromatic carbocycles. The fourth-order valence-electron chi connectivity index (χ4n) is 2.68. The molecule has 0 aliphatic heterocycles. The van der Waals surface area contributed by atoms with Gasteiger partial charge in [0.2, 0.25) is 8.03 Å². The number of carboxylic acids is 1. The highest BCUT2D eigenvalue weighted by Crippen LogP contribution is 2.44. The van der Waals surface area contributed by atoms with E-state index in [1.807, 2.05) is 32.9 Å². The maximum atomic E-state index is 12.6. The number of halogens is 1. The van der Waals surface area contributed by atoms with Gasteiger partial charge in [0.15, 0.2) is 0 Å². The van der Waals surface area contributed by atoms with Crippen LogP contribution in [0.1, 0.15) is 30.4 Å². The summed E-state index contributed by atoms with van der Waals surface area (Å²) in [5.41, 5.74) is 3.03. The van der Waals surface area contributed by atoms with Crippen LogP contribution >= 0.6 is 19.4 Å². The van der Waals surface area contributed by atoms with E-state index in [2.05, 4.69) is 6.58 Å². The lowest BCUT2D eigenvalue weighted by Gasteiger charge is -2.22. The minimum atomic E-state index is -2.04. The largest absolute Gasteiger partial charge is 0.477 e. The summed E-state index contributed by atoms with van der Waals surface area (Å²) in [6.45, 7) is 10.4. The molecule has 2 unspecified atom stereocenters. The molecular formula is C22H24FO4PS. The minimum absolute atomic E-state index is 0.151. The van der Waals surface area contributed by atoms with Crippen LogP contribution in [0.4, 0.5) is 4.39 Å². The van der Waals surface area contributed by atoms with Crippen LogP contribution < -0.4 is 0 Å². The second-order valence-corrected chi connectivity index (χ2v) is 8.94. The Hall–Kier alpha value is -2.27. The molecule has 0 amide bonds. The molecule has 3 rings (SSSR count). The summed E-state index contributed by atoms with van der Waals surface area (Å²) < 4.78 is 29.5. The third-order valence-corrected chi connectivity index (χ3v) is 7.21. The van der Waals surface area contributed by atoms with Gasteiger partial charge in [-0.2, -0.15) is 0 Å². The van der Waals surface area contributed by atoms with E-state index in [1.54, 1.807) is 24.3 Å². The first kappa shape index (κ1) is 23.0. The summed E-state index contributed by atoms with van der Waals surface area (Å²) in [6, 6.07) is 9.25. The van der Waals surface area contributed by atoms with E-state index in [4.69, 9.17) is 9.63 Å². The first-order valence-corrected chi connectivity index (χ1v) is 11.2. The van der Waals surface area contributed by atoms with E-state index < -0.39 is 14.0 Å². The number of carboxylic acid groups (broad SMARTS) is 1. The van der Waals surface area contributed by atoms with E-state index in [1.165, 1.54) is 23.5 Å². The van der Waals surface area contributed by atoms with Gasteiger partial charge in [-0.25, -0.2) is 9.18 Å².